The predicted molar refractivity (Wildman–Crippen MR) is 125 cm³/mol. The molecule has 33 heavy (non-hydrogen) atoms. The Bertz CT molecular complexity index is 1140. The van der Waals surface area contributed by atoms with Gasteiger partial charge < -0.3 is 16.2 Å². The number of nitrogens with one attached hydrogen (secondary N) is 1. The lowest BCUT2D eigenvalue weighted by Gasteiger charge is -2.50. The Balaban J connectivity index is 1.45. The van der Waals surface area contributed by atoms with Gasteiger partial charge in [0.1, 0.15) is 27.3 Å². The van der Waals surface area contributed by atoms with Gasteiger partial charge in [-0.15, -0.1) is 26.9 Å². The predicted octanol–water partition coefficient (Wildman–Crippen LogP) is 2.31. The molecular formula is C16H14ClN7O5S4. The van der Waals surface area contributed by atoms with E-state index in [0.29, 0.717) is 22.8 Å². The number of aromatic nitrogens is 3. The normalized spacial score (nSPS) is 20.8. The van der Waals surface area contributed by atoms with E-state index >= 15 is 0 Å². The summed E-state index contributed by atoms with van der Waals surface area (Å²) in [7, 11) is 0. The number of nitrogens with zero attached hydrogens (tertiary/aromatic N) is 5. The number of carbonyl (C=O) groups excluding carboxylic acids is 2. The van der Waals surface area contributed by atoms with Crippen molar-refractivity contribution in [1.82, 2.24) is 25.4 Å². The number of hydrogen-bond donors (Lipinski definition) is 3. The van der Waals surface area contributed by atoms with E-state index in [1.807, 2.05) is 0 Å². The van der Waals surface area contributed by atoms with Crippen molar-refractivity contribution in [3.8, 4) is 0 Å². The molecule has 0 aromatic carbocycles. The van der Waals surface area contributed by atoms with Gasteiger partial charge in [-0.3, -0.25) is 14.5 Å². The average Bonchev–Trinajstić information content (AvgIpc) is 3.41. The van der Waals surface area contributed by atoms with Gasteiger partial charge in [-0.25, -0.2) is 9.78 Å². The standard InChI is InChI=1S/C16H14ClN7O5S4/c17-11-8(21-15(18)33-11)9(23-29)12(25)20-7-5-1-2-6(10(14(27)28)24(5)13(7)26)31-4-32-16-22-19-3-30-16/h3,5,7,9H,1-2,4H2,(H2,18,21)(H,20,25)(H,27,28)/t5-,7+,9?/m1/s1. The third kappa shape index (κ3) is 4.70. The van der Waals surface area contributed by atoms with E-state index in [-0.39, 0.29) is 20.9 Å². The second-order valence-electron chi connectivity index (χ2n) is 6.71. The third-order valence-electron chi connectivity index (χ3n) is 4.89. The van der Waals surface area contributed by atoms with Crippen LogP contribution in [0.15, 0.2) is 25.6 Å². The zero-order chi connectivity index (χ0) is 23.7. The van der Waals surface area contributed by atoms with Crippen LogP contribution in [0.2, 0.25) is 4.34 Å². The number of rotatable bonds is 9. The number of carboxylic acid groups (broad SMARTS) is 1. The lowest BCUT2D eigenvalue weighted by atomic mass is 9.86. The molecular weight excluding hydrogens is 534 g/mol. The molecule has 0 aliphatic carbocycles. The van der Waals surface area contributed by atoms with Crippen molar-refractivity contribution in [3.63, 3.8) is 0 Å². The number of nitrogens with two attached hydrogens (primary N) is 1. The SMILES string of the molecule is Nc1nc(C(N=O)C(=O)N[C@@H]2C(=O)N3C(C(=O)O)=C(SCSc4nncs4)CC[C@H]23)c(Cl)s1. The van der Waals surface area contributed by atoms with Crippen molar-refractivity contribution in [3.05, 3.63) is 31.1 Å². The number of carboxylic acids is 1. The van der Waals surface area contributed by atoms with Gasteiger partial charge in [-0.05, 0) is 18.0 Å². The largest absolute Gasteiger partial charge is 0.477 e. The summed E-state index contributed by atoms with van der Waals surface area (Å²) in [5, 5.41) is 23.3. The van der Waals surface area contributed by atoms with Crippen molar-refractivity contribution in [2.45, 2.75) is 35.3 Å². The second kappa shape index (κ2) is 9.92. The van der Waals surface area contributed by atoms with Crippen LogP contribution in [0.5, 0.6) is 0 Å². The highest BCUT2D eigenvalue weighted by Crippen LogP contribution is 2.42. The summed E-state index contributed by atoms with van der Waals surface area (Å²) in [6.45, 7) is 0. The molecule has 2 aromatic rings. The number of allylic oxidation sites excluding steroid dienone is 1. The van der Waals surface area contributed by atoms with Crippen LogP contribution in [0, 0.1) is 4.91 Å². The molecule has 2 aliphatic heterocycles. The molecule has 0 bridgehead atoms. The Hall–Kier alpha value is -2.27. The van der Waals surface area contributed by atoms with E-state index in [1.54, 1.807) is 5.51 Å². The average molecular weight is 548 g/mol. The highest BCUT2D eigenvalue weighted by Gasteiger charge is 2.54. The van der Waals surface area contributed by atoms with Gasteiger partial charge in [0, 0.05) is 4.91 Å². The molecule has 4 rings (SSSR count). The maximum absolute atomic E-state index is 12.8. The first kappa shape index (κ1) is 23.9. The summed E-state index contributed by atoms with van der Waals surface area (Å²) in [6, 6.07) is -3.10. The number of nitrogen functional groups attached to an aromatic ring is 1. The third-order valence-corrected chi connectivity index (χ3v) is 9.14. The number of fused-ring (bicyclic) bond motifs is 1. The van der Waals surface area contributed by atoms with Gasteiger partial charge in [-0.2, -0.15) is 0 Å². The van der Waals surface area contributed by atoms with Gasteiger partial charge in [0.15, 0.2) is 9.47 Å². The maximum atomic E-state index is 12.8. The van der Waals surface area contributed by atoms with Crippen molar-refractivity contribution in [2.75, 3.05) is 10.8 Å². The van der Waals surface area contributed by atoms with Crippen LogP contribution in [0.25, 0.3) is 0 Å². The molecule has 2 aromatic heterocycles. The molecule has 2 amide bonds. The fourth-order valence-corrected chi connectivity index (χ4v) is 7.48. The van der Waals surface area contributed by atoms with Crippen LogP contribution < -0.4 is 11.1 Å². The minimum atomic E-state index is -1.57. The summed E-state index contributed by atoms with van der Waals surface area (Å²) in [6.07, 6.45) is 0.871. The first-order chi connectivity index (χ1) is 15.8. The van der Waals surface area contributed by atoms with Crippen LogP contribution >= 0.6 is 57.8 Å². The first-order valence-electron chi connectivity index (χ1n) is 9.17. The molecule has 174 valence electrons. The molecule has 1 unspecified atom stereocenters. The number of thiazole rings is 1. The Kier molecular flexibility index (Phi) is 7.18. The highest BCUT2D eigenvalue weighted by molar-refractivity contribution is 8.18. The molecule has 0 saturated carbocycles. The summed E-state index contributed by atoms with van der Waals surface area (Å²) >= 11 is 11.0. The number of hydrogen-bond acceptors (Lipinski definition) is 13. The van der Waals surface area contributed by atoms with Gasteiger partial charge in [0.2, 0.25) is 6.04 Å². The number of thioether (sulfide) groups is 2. The lowest BCUT2D eigenvalue weighted by Crippen LogP contribution is -2.71. The Morgan fingerprint density at radius 2 is 2.24 bits per heavy atom. The minimum Gasteiger partial charge on any atom is -0.477 e. The lowest BCUT2D eigenvalue weighted by molar-refractivity contribution is -0.156. The molecule has 4 N–H and O–H groups in total. The van der Waals surface area contributed by atoms with Crippen molar-refractivity contribution in [2.24, 2.45) is 5.18 Å². The van der Waals surface area contributed by atoms with E-state index in [9.17, 15) is 24.4 Å². The van der Waals surface area contributed by atoms with Crippen molar-refractivity contribution < 1.29 is 19.5 Å². The topological polar surface area (TPSA) is 181 Å². The molecule has 0 spiro atoms. The Labute approximate surface area is 207 Å². The molecule has 1 saturated heterocycles. The number of anilines is 1. The van der Waals surface area contributed by atoms with E-state index < -0.39 is 35.9 Å². The highest BCUT2D eigenvalue weighted by atomic mass is 35.5. The number of carbonyl (C=O) groups is 3. The molecule has 3 atom stereocenters. The second-order valence-corrected chi connectivity index (χ2v) is 11.8. The molecule has 1 fully saturated rings. The van der Waals surface area contributed by atoms with Crippen LogP contribution in [-0.2, 0) is 14.4 Å². The number of amides is 2. The fourth-order valence-electron chi connectivity index (χ4n) is 3.50. The minimum absolute atomic E-state index is 0.0515. The summed E-state index contributed by atoms with van der Waals surface area (Å²) < 4.78 is 0.812. The molecule has 12 nitrogen and oxygen atoms in total. The summed E-state index contributed by atoms with van der Waals surface area (Å²) in [5.74, 6) is -2.66. The number of halogens is 1. The van der Waals surface area contributed by atoms with Crippen LogP contribution in [0.1, 0.15) is 24.6 Å². The first-order valence-corrected chi connectivity index (χ1v) is 13.2. The van der Waals surface area contributed by atoms with Crippen molar-refractivity contribution in [1.29, 1.82) is 0 Å². The van der Waals surface area contributed by atoms with E-state index in [1.165, 1.54) is 39.8 Å². The fraction of sp³-hybridized carbons (Fsp3) is 0.375. The van der Waals surface area contributed by atoms with Gasteiger partial charge in [0.25, 0.3) is 11.8 Å². The summed E-state index contributed by atoms with van der Waals surface area (Å²) in [5.41, 5.74) is 6.98. The van der Waals surface area contributed by atoms with Gasteiger partial charge in [-0.1, -0.05) is 46.0 Å². The molecule has 0 radical (unpaired) electrons. The monoisotopic (exact) mass is 547 g/mol. The zero-order valence-corrected chi connectivity index (χ0v) is 20.4. The molecule has 2 aliphatic rings. The Morgan fingerprint density at radius 1 is 1.45 bits per heavy atom. The maximum Gasteiger partial charge on any atom is 0.353 e. The van der Waals surface area contributed by atoms with E-state index in [4.69, 9.17) is 17.3 Å². The Morgan fingerprint density at radius 3 is 2.85 bits per heavy atom. The zero-order valence-electron chi connectivity index (χ0n) is 16.3. The number of aliphatic carboxylic acids is 1. The van der Waals surface area contributed by atoms with Gasteiger partial charge in [0.05, 0.1) is 11.1 Å². The smallest absolute Gasteiger partial charge is 0.353 e. The van der Waals surface area contributed by atoms with Gasteiger partial charge >= 0.3 is 5.97 Å². The molecule has 17 heteroatoms. The summed E-state index contributed by atoms with van der Waals surface area (Å²) in [4.78, 5) is 54.3. The number of β-lactam (4-membered cyclic amide) rings is 1. The van der Waals surface area contributed by atoms with Crippen molar-refractivity contribution >= 4 is 80.7 Å². The quantitative estimate of drug-likeness (QED) is 0.181. The molecule has 4 heterocycles. The van der Waals surface area contributed by atoms with Crippen LogP contribution in [-0.4, -0.2) is 60.1 Å². The van der Waals surface area contributed by atoms with Crippen LogP contribution in [0.3, 0.4) is 0 Å². The van der Waals surface area contributed by atoms with E-state index in [0.717, 1.165) is 15.7 Å². The van der Waals surface area contributed by atoms with E-state index in [2.05, 4.69) is 25.7 Å². The van der Waals surface area contributed by atoms with Crippen LogP contribution in [0.4, 0.5) is 5.13 Å². The number of nitroso groups, excluding NO2 is 1.